The predicted molar refractivity (Wildman–Crippen MR) is 94.5 cm³/mol. The van der Waals surface area contributed by atoms with Crippen LogP contribution >= 0.6 is 11.6 Å². The number of alkyl halides is 1. The largest absolute Gasteiger partial charge is 0.488 e. The molecule has 150 valence electrons. The highest BCUT2D eigenvalue weighted by molar-refractivity contribution is 6.32. The SMILES string of the molecule is CCOC(=O)c1cc(Cl)c(OCC2(F)CN(C(=O)OC(C)(C)C)C2)cc1F. The fourth-order valence-electron chi connectivity index (χ4n) is 2.40. The molecule has 1 saturated heterocycles. The molecule has 0 saturated carbocycles. The first-order chi connectivity index (χ1) is 12.4. The number of benzene rings is 1. The van der Waals surface area contributed by atoms with Gasteiger partial charge < -0.3 is 19.1 Å². The second kappa shape index (κ2) is 7.88. The molecule has 0 aliphatic carbocycles. The molecular formula is C18H22ClF2NO5. The van der Waals surface area contributed by atoms with Gasteiger partial charge in [0.2, 0.25) is 0 Å². The van der Waals surface area contributed by atoms with Crippen LogP contribution in [0, 0.1) is 5.82 Å². The van der Waals surface area contributed by atoms with Gasteiger partial charge >= 0.3 is 12.1 Å². The smallest absolute Gasteiger partial charge is 0.410 e. The molecule has 1 aliphatic heterocycles. The zero-order valence-corrected chi connectivity index (χ0v) is 16.4. The van der Waals surface area contributed by atoms with Crippen molar-refractivity contribution in [3.8, 4) is 5.75 Å². The van der Waals surface area contributed by atoms with E-state index < -0.39 is 35.8 Å². The summed E-state index contributed by atoms with van der Waals surface area (Å²) in [6, 6.07) is 1.98. The number of rotatable bonds is 5. The molecule has 1 aromatic carbocycles. The van der Waals surface area contributed by atoms with Gasteiger partial charge in [0, 0.05) is 6.07 Å². The van der Waals surface area contributed by atoms with Crippen molar-refractivity contribution in [1.29, 1.82) is 0 Å². The molecule has 1 amide bonds. The van der Waals surface area contributed by atoms with Gasteiger partial charge in [0.15, 0.2) is 5.67 Å². The van der Waals surface area contributed by atoms with E-state index in [0.29, 0.717) is 0 Å². The fourth-order valence-corrected chi connectivity index (χ4v) is 2.61. The Kier molecular flexibility index (Phi) is 6.19. The number of hydrogen-bond donors (Lipinski definition) is 0. The van der Waals surface area contributed by atoms with Crippen LogP contribution in [-0.2, 0) is 9.47 Å². The summed E-state index contributed by atoms with van der Waals surface area (Å²) in [5.41, 5.74) is -2.80. The van der Waals surface area contributed by atoms with Crippen molar-refractivity contribution < 1.29 is 32.6 Å². The topological polar surface area (TPSA) is 65.1 Å². The lowest BCUT2D eigenvalue weighted by Crippen LogP contribution is -2.64. The Labute approximate surface area is 161 Å². The Bertz CT molecular complexity index is 729. The van der Waals surface area contributed by atoms with Gasteiger partial charge in [-0.25, -0.2) is 18.4 Å². The summed E-state index contributed by atoms with van der Waals surface area (Å²) in [4.78, 5) is 24.7. The molecule has 0 spiro atoms. The average molecular weight is 406 g/mol. The quantitative estimate of drug-likeness (QED) is 0.693. The molecule has 1 heterocycles. The molecule has 27 heavy (non-hydrogen) atoms. The summed E-state index contributed by atoms with van der Waals surface area (Å²) in [7, 11) is 0. The van der Waals surface area contributed by atoms with E-state index in [1.54, 1.807) is 27.7 Å². The van der Waals surface area contributed by atoms with Crippen LogP contribution in [0.1, 0.15) is 38.1 Å². The van der Waals surface area contributed by atoms with Crippen molar-refractivity contribution in [1.82, 2.24) is 4.90 Å². The van der Waals surface area contributed by atoms with Gasteiger partial charge in [-0.3, -0.25) is 0 Å². The third-order valence-corrected chi connectivity index (χ3v) is 3.90. The molecule has 0 atom stereocenters. The van der Waals surface area contributed by atoms with E-state index in [1.165, 1.54) is 4.90 Å². The third kappa shape index (κ3) is 5.45. The summed E-state index contributed by atoms with van der Waals surface area (Å²) in [6.45, 7) is 5.99. The van der Waals surface area contributed by atoms with Crippen LogP contribution < -0.4 is 4.74 Å². The zero-order chi connectivity index (χ0) is 20.4. The van der Waals surface area contributed by atoms with Crippen molar-refractivity contribution >= 4 is 23.7 Å². The van der Waals surface area contributed by atoms with Crippen molar-refractivity contribution in [2.24, 2.45) is 0 Å². The van der Waals surface area contributed by atoms with Crippen LogP contribution in [0.25, 0.3) is 0 Å². The van der Waals surface area contributed by atoms with E-state index in [-0.39, 0.29) is 36.0 Å². The minimum Gasteiger partial charge on any atom is -0.488 e. The van der Waals surface area contributed by atoms with E-state index in [0.717, 1.165) is 12.1 Å². The van der Waals surface area contributed by atoms with Crippen molar-refractivity contribution in [3.63, 3.8) is 0 Å². The number of amides is 1. The molecule has 9 heteroatoms. The normalized spacial score (nSPS) is 15.7. The highest BCUT2D eigenvalue weighted by Crippen LogP contribution is 2.32. The first-order valence-electron chi connectivity index (χ1n) is 8.40. The first-order valence-corrected chi connectivity index (χ1v) is 8.78. The summed E-state index contributed by atoms with van der Waals surface area (Å²) < 4.78 is 43.8. The fraction of sp³-hybridized carbons (Fsp3) is 0.556. The van der Waals surface area contributed by atoms with E-state index in [1.807, 2.05) is 0 Å². The summed E-state index contributed by atoms with van der Waals surface area (Å²) in [6.07, 6.45) is -0.612. The van der Waals surface area contributed by atoms with Crippen LogP contribution in [0.5, 0.6) is 5.75 Å². The van der Waals surface area contributed by atoms with Gasteiger partial charge in [-0.2, -0.15) is 0 Å². The van der Waals surface area contributed by atoms with Crippen LogP contribution in [0.4, 0.5) is 13.6 Å². The van der Waals surface area contributed by atoms with Gasteiger partial charge in [0.05, 0.1) is 30.3 Å². The molecule has 0 unspecified atom stereocenters. The number of esters is 1. The predicted octanol–water partition coefficient (Wildman–Crippen LogP) is 3.99. The summed E-state index contributed by atoms with van der Waals surface area (Å²) in [5.74, 6) is -1.84. The minimum atomic E-state index is -1.80. The van der Waals surface area contributed by atoms with E-state index in [9.17, 15) is 18.4 Å². The van der Waals surface area contributed by atoms with Crippen LogP contribution in [-0.4, -0.2) is 54.5 Å². The van der Waals surface area contributed by atoms with E-state index in [4.69, 9.17) is 25.8 Å². The average Bonchev–Trinajstić information content (AvgIpc) is 2.51. The second-order valence-corrected chi connectivity index (χ2v) is 7.67. The Morgan fingerprint density at radius 3 is 2.48 bits per heavy atom. The number of likely N-dealkylation sites (tertiary alicyclic amines) is 1. The number of ether oxygens (including phenoxy) is 3. The molecule has 1 fully saturated rings. The Hall–Kier alpha value is -2.09. The highest BCUT2D eigenvalue weighted by atomic mass is 35.5. The number of hydrogen-bond acceptors (Lipinski definition) is 5. The molecule has 0 bridgehead atoms. The molecule has 2 rings (SSSR count). The maximum Gasteiger partial charge on any atom is 0.410 e. The standard InChI is InChI=1S/C18H22ClF2NO5/c1-5-25-15(23)11-6-12(19)14(7-13(11)20)26-10-18(21)8-22(9-18)16(24)27-17(2,3)4/h6-7H,5,8-10H2,1-4H3. The van der Waals surface area contributed by atoms with Crippen LogP contribution in [0.15, 0.2) is 12.1 Å². The van der Waals surface area contributed by atoms with Crippen molar-refractivity contribution in [2.45, 2.75) is 39.0 Å². The third-order valence-electron chi connectivity index (χ3n) is 3.60. The zero-order valence-electron chi connectivity index (χ0n) is 15.6. The lowest BCUT2D eigenvalue weighted by Gasteiger charge is -2.43. The van der Waals surface area contributed by atoms with Gasteiger partial charge in [-0.15, -0.1) is 0 Å². The summed E-state index contributed by atoms with van der Waals surface area (Å²) in [5, 5.41) is -0.0497. The molecule has 0 aromatic heterocycles. The van der Waals surface area contributed by atoms with Crippen molar-refractivity contribution in [2.75, 3.05) is 26.3 Å². The number of halogens is 3. The van der Waals surface area contributed by atoms with E-state index >= 15 is 0 Å². The molecule has 6 nitrogen and oxygen atoms in total. The Morgan fingerprint density at radius 2 is 1.93 bits per heavy atom. The van der Waals surface area contributed by atoms with E-state index in [2.05, 4.69) is 0 Å². The maximum atomic E-state index is 14.6. The van der Waals surface area contributed by atoms with Crippen molar-refractivity contribution in [3.05, 3.63) is 28.5 Å². The lowest BCUT2D eigenvalue weighted by atomic mass is 9.98. The van der Waals surface area contributed by atoms with Crippen LogP contribution in [0.2, 0.25) is 5.02 Å². The monoisotopic (exact) mass is 405 g/mol. The number of carbonyl (C=O) groups excluding carboxylic acids is 2. The molecular weight excluding hydrogens is 384 g/mol. The minimum absolute atomic E-state index is 0.0497. The lowest BCUT2D eigenvalue weighted by molar-refractivity contribution is -0.0685. The van der Waals surface area contributed by atoms with Crippen LogP contribution in [0.3, 0.4) is 0 Å². The maximum absolute atomic E-state index is 14.6. The summed E-state index contributed by atoms with van der Waals surface area (Å²) >= 11 is 5.98. The highest BCUT2D eigenvalue weighted by Gasteiger charge is 2.48. The first kappa shape index (κ1) is 21.2. The second-order valence-electron chi connectivity index (χ2n) is 7.26. The Balaban J connectivity index is 1.95. The van der Waals surface area contributed by atoms with Gasteiger partial charge in [-0.05, 0) is 33.8 Å². The molecule has 0 N–H and O–H groups in total. The van der Waals surface area contributed by atoms with Gasteiger partial charge in [-0.1, -0.05) is 11.6 Å². The Morgan fingerprint density at radius 1 is 1.30 bits per heavy atom. The molecule has 1 aromatic rings. The number of nitrogens with zero attached hydrogens (tertiary/aromatic N) is 1. The van der Waals surface area contributed by atoms with Gasteiger partial charge in [0.25, 0.3) is 0 Å². The van der Waals surface area contributed by atoms with Gasteiger partial charge in [0.1, 0.15) is 23.8 Å². The molecule has 1 aliphatic rings. The number of carbonyl (C=O) groups is 2. The molecule has 0 radical (unpaired) electrons.